The third-order valence-electron chi connectivity index (χ3n) is 4.65. The van der Waals surface area contributed by atoms with E-state index in [9.17, 15) is 17.6 Å². The molecule has 0 bridgehead atoms. The Balaban J connectivity index is 1.72. The Morgan fingerprint density at radius 2 is 1.84 bits per heavy atom. The van der Waals surface area contributed by atoms with E-state index in [0.29, 0.717) is 22.6 Å². The summed E-state index contributed by atoms with van der Waals surface area (Å²) in [4.78, 5) is 16.4. The number of carbonyl (C=O) groups is 1. The number of halogens is 1. The van der Waals surface area contributed by atoms with Gasteiger partial charge in [0.1, 0.15) is 34.6 Å². The van der Waals surface area contributed by atoms with E-state index < -0.39 is 21.7 Å². The Hall–Kier alpha value is -3.40. The molecule has 1 aliphatic heterocycles. The Bertz CT molecular complexity index is 1160. The molecule has 2 aromatic carbocycles. The van der Waals surface area contributed by atoms with E-state index in [4.69, 9.17) is 9.47 Å². The minimum Gasteiger partial charge on any atom is -0.497 e. The predicted octanol–water partition coefficient (Wildman–Crippen LogP) is 2.22. The van der Waals surface area contributed by atoms with Crippen LogP contribution in [0.2, 0.25) is 0 Å². The molecule has 10 heteroatoms. The Morgan fingerprint density at radius 3 is 2.48 bits per heavy atom. The van der Waals surface area contributed by atoms with Gasteiger partial charge < -0.3 is 14.8 Å². The first-order valence-electron chi connectivity index (χ1n) is 9.27. The van der Waals surface area contributed by atoms with E-state index >= 15 is 0 Å². The third-order valence-corrected chi connectivity index (χ3v) is 6.19. The van der Waals surface area contributed by atoms with Crippen LogP contribution in [0.15, 0.2) is 53.0 Å². The highest BCUT2D eigenvalue weighted by Crippen LogP contribution is 2.29. The molecule has 2 aromatic rings. The van der Waals surface area contributed by atoms with Gasteiger partial charge in [0.25, 0.3) is 10.0 Å². The molecule has 0 radical (unpaired) electrons. The lowest BCUT2D eigenvalue weighted by atomic mass is 10.1. The van der Waals surface area contributed by atoms with E-state index in [-0.39, 0.29) is 23.8 Å². The van der Waals surface area contributed by atoms with Crippen LogP contribution in [0.4, 0.5) is 4.39 Å². The first-order valence-corrected chi connectivity index (χ1v) is 10.8. The summed E-state index contributed by atoms with van der Waals surface area (Å²) in [6.07, 6.45) is 0. The van der Waals surface area contributed by atoms with Crippen LogP contribution < -0.4 is 19.5 Å². The fourth-order valence-corrected chi connectivity index (χ4v) is 4.63. The van der Waals surface area contributed by atoms with E-state index in [1.54, 1.807) is 32.2 Å². The number of hydrogen-bond acceptors (Lipinski definition) is 6. The number of nitrogens with one attached hydrogen (secondary N) is 2. The number of nitrogens with zero attached hydrogens (tertiary/aromatic N) is 1. The SMILES string of the molecule is COc1ccc(OC)c(CNC(=O)CN=C2NS(=O)(=O)C(c3ccc(F)cc3)=C2C)c1. The molecule has 3 rings (SSSR count). The van der Waals surface area contributed by atoms with Crippen molar-refractivity contribution in [3.05, 3.63) is 65.0 Å². The summed E-state index contributed by atoms with van der Waals surface area (Å²) in [7, 11) is -0.789. The maximum Gasteiger partial charge on any atom is 0.264 e. The zero-order chi connectivity index (χ0) is 22.6. The summed E-state index contributed by atoms with van der Waals surface area (Å²) in [5.74, 6) is 0.426. The molecule has 0 saturated heterocycles. The first-order chi connectivity index (χ1) is 14.7. The number of aliphatic imine (C=N–C) groups is 1. The van der Waals surface area contributed by atoms with Gasteiger partial charge in [0.05, 0.1) is 14.2 Å². The second-order valence-corrected chi connectivity index (χ2v) is 8.31. The number of ether oxygens (including phenoxy) is 2. The number of amidine groups is 1. The van der Waals surface area contributed by atoms with Gasteiger partial charge in [-0.1, -0.05) is 12.1 Å². The number of hydrogen-bond donors (Lipinski definition) is 2. The average molecular weight is 447 g/mol. The number of amides is 1. The molecular weight excluding hydrogens is 425 g/mol. The zero-order valence-corrected chi connectivity index (χ0v) is 18.0. The highest BCUT2D eigenvalue weighted by atomic mass is 32.2. The van der Waals surface area contributed by atoms with Crippen LogP contribution >= 0.6 is 0 Å². The van der Waals surface area contributed by atoms with E-state index in [0.717, 1.165) is 5.56 Å². The number of benzene rings is 2. The van der Waals surface area contributed by atoms with Crippen LogP contribution in [0, 0.1) is 5.82 Å². The molecule has 2 N–H and O–H groups in total. The minimum atomic E-state index is -3.86. The molecule has 0 spiro atoms. The maximum absolute atomic E-state index is 13.2. The van der Waals surface area contributed by atoms with Crippen molar-refractivity contribution in [3.63, 3.8) is 0 Å². The normalized spacial score (nSPS) is 16.2. The monoisotopic (exact) mass is 447 g/mol. The molecule has 1 heterocycles. The molecule has 0 atom stereocenters. The van der Waals surface area contributed by atoms with E-state index in [1.807, 2.05) is 0 Å². The van der Waals surface area contributed by atoms with Gasteiger partial charge in [-0.15, -0.1) is 0 Å². The van der Waals surface area contributed by atoms with Crippen molar-refractivity contribution < 1.29 is 27.1 Å². The smallest absolute Gasteiger partial charge is 0.264 e. The van der Waals surface area contributed by atoms with Gasteiger partial charge in [-0.25, -0.2) is 12.8 Å². The molecule has 1 aliphatic rings. The minimum absolute atomic E-state index is 0.00720. The summed E-state index contributed by atoms with van der Waals surface area (Å²) in [6.45, 7) is 1.48. The van der Waals surface area contributed by atoms with Gasteiger partial charge in [-0.3, -0.25) is 14.5 Å². The number of carbonyl (C=O) groups excluding carboxylic acids is 1. The van der Waals surface area contributed by atoms with E-state index in [1.165, 1.54) is 31.4 Å². The molecule has 8 nitrogen and oxygen atoms in total. The fourth-order valence-electron chi connectivity index (χ4n) is 3.11. The van der Waals surface area contributed by atoms with Crippen molar-refractivity contribution in [2.24, 2.45) is 4.99 Å². The molecule has 0 saturated carbocycles. The van der Waals surface area contributed by atoms with Crippen molar-refractivity contribution in [3.8, 4) is 11.5 Å². The molecule has 1 amide bonds. The number of rotatable bonds is 7. The van der Waals surface area contributed by atoms with Crippen LogP contribution in [0.3, 0.4) is 0 Å². The predicted molar refractivity (Wildman–Crippen MR) is 115 cm³/mol. The second-order valence-electron chi connectivity index (χ2n) is 6.69. The molecular formula is C21H22FN3O5S. The van der Waals surface area contributed by atoms with Crippen LogP contribution in [0.1, 0.15) is 18.1 Å². The average Bonchev–Trinajstić information content (AvgIpc) is 2.99. The summed E-state index contributed by atoms with van der Waals surface area (Å²) in [5.41, 5.74) is 1.42. The van der Waals surface area contributed by atoms with Gasteiger partial charge in [-0.2, -0.15) is 0 Å². The second kappa shape index (κ2) is 9.17. The Morgan fingerprint density at radius 1 is 1.13 bits per heavy atom. The van der Waals surface area contributed by atoms with Crippen LogP contribution in [-0.4, -0.2) is 40.9 Å². The lowest BCUT2D eigenvalue weighted by Crippen LogP contribution is -2.28. The molecule has 31 heavy (non-hydrogen) atoms. The van der Waals surface area contributed by atoms with Gasteiger partial charge in [0, 0.05) is 17.7 Å². The van der Waals surface area contributed by atoms with Gasteiger partial charge in [0.2, 0.25) is 5.91 Å². The molecule has 164 valence electrons. The molecule has 0 fully saturated rings. The van der Waals surface area contributed by atoms with Crippen molar-refractivity contribution in [2.45, 2.75) is 13.5 Å². The quantitative estimate of drug-likeness (QED) is 0.677. The fraction of sp³-hybridized carbons (Fsp3) is 0.238. The standard InChI is InChI=1S/C21H22FN3O5S/c1-13-20(14-4-6-16(22)7-5-14)31(27,28)25-21(13)24-12-19(26)23-11-15-10-17(29-2)8-9-18(15)30-3/h4-10H,11-12H2,1-3H3,(H,23,26)(H,24,25). The molecule has 0 unspecified atom stereocenters. The lowest BCUT2D eigenvalue weighted by Gasteiger charge is -2.11. The molecule has 0 aromatic heterocycles. The number of methoxy groups -OCH3 is 2. The van der Waals surface area contributed by atoms with Crippen LogP contribution in [-0.2, 0) is 21.4 Å². The highest BCUT2D eigenvalue weighted by Gasteiger charge is 2.32. The lowest BCUT2D eigenvalue weighted by molar-refractivity contribution is -0.119. The Kier molecular flexibility index (Phi) is 6.59. The Labute approximate surface area is 179 Å². The summed E-state index contributed by atoms with van der Waals surface area (Å²) in [5, 5.41) is 2.72. The molecule has 0 aliphatic carbocycles. The maximum atomic E-state index is 13.2. The topological polar surface area (TPSA) is 106 Å². The van der Waals surface area contributed by atoms with Gasteiger partial charge in [-0.05, 0) is 42.8 Å². The highest BCUT2D eigenvalue weighted by molar-refractivity contribution is 8.00. The van der Waals surface area contributed by atoms with Crippen molar-refractivity contribution >= 4 is 26.7 Å². The van der Waals surface area contributed by atoms with Crippen LogP contribution in [0.5, 0.6) is 11.5 Å². The number of sulfonamides is 1. The third kappa shape index (κ3) is 5.02. The van der Waals surface area contributed by atoms with Gasteiger partial charge in [0.15, 0.2) is 0 Å². The van der Waals surface area contributed by atoms with Crippen LogP contribution in [0.25, 0.3) is 4.91 Å². The summed E-state index contributed by atoms with van der Waals surface area (Å²) < 4.78 is 50.9. The van der Waals surface area contributed by atoms with Crippen molar-refractivity contribution in [1.82, 2.24) is 10.0 Å². The van der Waals surface area contributed by atoms with Crippen molar-refractivity contribution in [2.75, 3.05) is 20.8 Å². The van der Waals surface area contributed by atoms with Crippen molar-refractivity contribution in [1.29, 1.82) is 0 Å². The zero-order valence-electron chi connectivity index (χ0n) is 17.2. The largest absolute Gasteiger partial charge is 0.497 e. The van der Waals surface area contributed by atoms with E-state index in [2.05, 4.69) is 15.0 Å². The summed E-state index contributed by atoms with van der Waals surface area (Å²) in [6, 6.07) is 10.4. The first kappa shape index (κ1) is 22.3. The summed E-state index contributed by atoms with van der Waals surface area (Å²) >= 11 is 0. The van der Waals surface area contributed by atoms with Gasteiger partial charge >= 0.3 is 0 Å².